The van der Waals surface area contributed by atoms with Crippen LogP contribution in [0.5, 0.6) is 5.75 Å². The summed E-state index contributed by atoms with van der Waals surface area (Å²) in [5.41, 5.74) is 0. The summed E-state index contributed by atoms with van der Waals surface area (Å²) in [5, 5.41) is 4.91. The van der Waals surface area contributed by atoms with Crippen LogP contribution in [0.15, 0.2) is 18.3 Å². The van der Waals surface area contributed by atoms with E-state index in [0.717, 1.165) is 12.2 Å². The molecule has 2 N–H and O–H groups in total. The van der Waals surface area contributed by atoms with E-state index in [1.54, 1.807) is 11.1 Å². The molecule has 0 saturated carbocycles. The van der Waals surface area contributed by atoms with Gasteiger partial charge in [-0.25, -0.2) is 9.78 Å². The van der Waals surface area contributed by atoms with Gasteiger partial charge in [-0.15, -0.1) is 0 Å². The predicted molar refractivity (Wildman–Crippen MR) is 86.6 cm³/mol. The predicted octanol–water partition coefficient (Wildman–Crippen LogP) is 0.0563. The van der Waals surface area contributed by atoms with Crippen molar-refractivity contribution in [2.75, 3.05) is 45.7 Å². The van der Waals surface area contributed by atoms with E-state index >= 15 is 0 Å². The van der Waals surface area contributed by atoms with Crippen molar-refractivity contribution >= 4 is 17.8 Å². The molecule has 0 unspecified atom stereocenters. The fraction of sp³-hybridized carbons (Fsp3) is 0.533. The van der Waals surface area contributed by atoms with Crippen LogP contribution in [-0.2, 0) is 4.79 Å². The van der Waals surface area contributed by atoms with Crippen LogP contribution >= 0.6 is 0 Å². The third-order valence-corrected chi connectivity index (χ3v) is 3.59. The highest BCUT2D eigenvalue weighted by Gasteiger charge is 2.28. The Kier molecular flexibility index (Phi) is 5.61. The first-order valence-corrected chi connectivity index (χ1v) is 7.53. The van der Waals surface area contributed by atoms with E-state index in [2.05, 4.69) is 15.6 Å². The number of nitrogens with one attached hydrogen (secondary N) is 2. The largest absolute Gasteiger partial charge is 0.485 e. The number of pyridine rings is 1. The van der Waals surface area contributed by atoms with Gasteiger partial charge in [-0.05, 0) is 12.1 Å². The molecular formula is C15H23N5O3. The fourth-order valence-electron chi connectivity index (χ4n) is 2.40. The highest BCUT2D eigenvalue weighted by molar-refractivity contribution is 5.84. The maximum Gasteiger partial charge on any atom is 0.314 e. The molecule has 1 aromatic heterocycles. The molecule has 0 spiro atoms. The van der Waals surface area contributed by atoms with Gasteiger partial charge < -0.3 is 25.2 Å². The van der Waals surface area contributed by atoms with Crippen LogP contribution in [-0.4, -0.2) is 68.7 Å². The van der Waals surface area contributed by atoms with Crippen LogP contribution in [0.1, 0.15) is 6.42 Å². The van der Waals surface area contributed by atoms with Gasteiger partial charge in [-0.1, -0.05) is 0 Å². The molecule has 1 aliphatic heterocycles. The smallest absolute Gasteiger partial charge is 0.314 e. The lowest BCUT2D eigenvalue weighted by atomic mass is 10.3. The van der Waals surface area contributed by atoms with Crippen LogP contribution in [0.3, 0.4) is 0 Å². The molecule has 1 atom stereocenters. The SMILES string of the molecule is CNC(=O)NCC(=O)N1CC[C@H](Oc2cccnc2N(C)C)C1. The zero-order valence-electron chi connectivity index (χ0n) is 13.7. The van der Waals surface area contributed by atoms with Crippen molar-refractivity contribution in [2.45, 2.75) is 12.5 Å². The summed E-state index contributed by atoms with van der Waals surface area (Å²) >= 11 is 0. The van der Waals surface area contributed by atoms with Gasteiger partial charge in [0.15, 0.2) is 11.6 Å². The number of nitrogens with zero attached hydrogens (tertiary/aromatic N) is 3. The first-order chi connectivity index (χ1) is 11.0. The van der Waals surface area contributed by atoms with Gasteiger partial charge in [-0.2, -0.15) is 0 Å². The molecular weight excluding hydrogens is 298 g/mol. The van der Waals surface area contributed by atoms with Crippen LogP contribution in [0.2, 0.25) is 0 Å². The number of urea groups is 1. The maximum absolute atomic E-state index is 12.0. The molecule has 126 valence electrons. The number of anilines is 1. The Bertz CT molecular complexity index is 564. The van der Waals surface area contributed by atoms with Gasteiger partial charge in [0.1, 0.15) is 6.10 Å². The van der Waals surface area contributed by atoms with Crippen LogP contribution in [0, 0.1) is 0 Å². The van der Waals surface area contributed by atoms with Crippen LogP contribution in [0.4, 0.5) is 10.6 Å². The quantitative estimate of drug-likeness (QED) is 0.801. The molecule has 8 heteroatoms. The number of carbonyl (C=O) groups excluding carboxylic acids is 2. The van der Waals surface area contributed by atoms with E-state index in [1.165, 1.54) is 7.05 Å². The van der Waals surface area contributed by atoms with Gasteiger partial charge in [0.05, 0.1) is 13.1 Å². The first kappa shape index (κ1) is 16.9. The second-order valence-electron chi connectivity index (χ2n) is 5.52. The minimum Gasteiger partial charge on any atom is -0.485 e. The Morgan fingerprint density at radius 2 is 2.26 bits per heavy atom. The van der Waals surface area contributed by atoms with Crippen molar-refractivity contribution in [3.05, 3.63) is 18.3 Å². The summed E-state index contributed by atoms with van der Waals surface area (Å²) < 4.78 is 6.00. The molecule has 0 aliphatic carbocycles. The highest BCUT2D eigenvalue weighted by atomic mass is 16.5. The summed E-state index contributed by atoms with van der Waals surface area (Å²) in [6, 6.07) is 3.34. The number of ether oxygens (including phenoxy) is 1. The second-order valence-corrected chi connectivity index (χ2v) is 5.52. The molecule has 1 fully saturated rings. The summed E-state index contributed by atoms with van der Waals surface area (Å²) in [4.78, 5) is 31.0. The van der Waals surface area contributed by atoms with E-state index in [-0.39, 0.29) is 24.6 Å². The standard InChI is InChI=1S/C15H23N5O3/c1-16-15(22)18-9-13(21)20-8-6-11(10-20)23-12-5-4-7-17-14(12)19(2)3/h4-5,7,11H,6,8-10H2,1-3H3,(H2,16,18,22)/t11-/m0/s1. The summed E-state index contributed by atoms with van der Waals surface area (Å²) in [6.45, 7) is 1.12. The van der Waals surface area contributed by atoms with Crippen LogP contribution in [0.25, 0.3) is 0 Å². The highest BCUT2D eigenvalue weighted by Crippen LogP contribution is 2.26. The maximum atomic E-state index is 12.0. The van der Waals surface area contributed by atoms with Crippen molar-refractivity contribution < 1.29 is 14.3 Å². The second kappa shape index (κ2) is 7.66. The lowest BCUT2D eigenvalue weighted by Crippen LogP contribution is -2.42. The molecule has 3 amide bonds. The number of likely N-dealkylation sites (tertiary alicyclic amines) is 1. The number of amides is 3. The monoisotopic (exact) mass is 321 g/mol. The van der Waals surface area contributed by atoms with Gasteiger partial charge in [0.2, 0.25) is 5.91 Å². The van der Waals surface area contributed by atoms with Gasteiger partial charge in [-0.3, -0.25) is 4.79 Å². The minimum absolute atomic E-state index is 0.0117. The van der Waals surface area contributed by atoms with E-state index in [9.17, 15) is 9.59 Å². The minimum atomic E-state index is -0.365. The Balaban J connectivity index is 1.88. The van der Waals surface area contributed by atoms with Gasteiger partial charge >= 0.3 is 6.03 Å². The molecule has 23 heavy (non-hydrogen) atoms. The molecule has 0 radical (unpaired) electrons. The summed E-state index contributed by atoms with van der Waals surface area (Å²) in [6.07, 6.45) is 2.41. The van der Waals surface area contributed by atoms with Crippen molar-refractivity contribution in [3.8, 4) is 5.75 Å². The Labute approximate surface area is 135 Å². The van der Waals surface area contributed by atoms with Crippen LogP contribution < -0.4 is 20.3 Å². The molecule has 1 aromatic rings. The van der Waals surface area contributed by atoms with E-state index in [0.29, 0.717) is 18.8 Å². The molecule has 1 saturated heterocycles. The Morgan fingerprint density at radius 3 is 2.96 bits per heavy atom. The lowest BCUT2D eigenvalue weighted by Gasteiger charge is -2.20. The lowest BCUT2D eigenvalue weighted by molar-refractivity contribution is -0.129. The molecule has 2 heterocycles. The number of rotatable bonds is 5. The van der Waals surface area contributed by atoms with E-state index < -0.39 is 0 Å². The fourth-order valence-corrected chi connectivity index (χ4v) is 2.40. The number of aromatic nitrogens is 1. The topological polar surface area (TPSA) is 86.8 Å². The van der Waals surface area contributed by atoms with Crippen molar-refractivity contribution in [3.63, 3.8) is 0 Å². The number of hydrogen-bond acceptors (Lipinski definition) is 5. The average molecular weight is 321 g/mol. The molecule has 8 nitrogen and oxygen atoms in total. The number of hydrogen-bond donors (Lipinski definition) is 2. The molecule has 0 aromatic carbocycles. The third-order valence-electron chi connectivity index (χ3n) is 3.59. The van der Waals surface area contributed by atoms with Crippen molar-refractivity contribution in [2.24, 2.45) is 0 Å². The van der Waals surface area contributed by atoms with Crippen molar-refractivity contribution in [1.29, 1.82) is 0 Å². The Morgan fingerprint density at radius 1 is 1.48 bits per heavy atom. The normalized spacial score (nSPS) is 16.8. The first-order valence-electron chi connectivity index (χ1n) is 7.53. The third kappa shape index (κ3) is 4.48. The van der Waals surface area contributed by atoms with E-state index in [4.69, 9.17) is 4.74 Å². The van der Waals surface area contributed by atoms with Gasteiger partial charge in [0.25, 0.3) is 0 Å². The zero-order valence-corrected chi connectivity index (χ0v) is 13.7. The molecule has 2 rings (SSSR count). The molecule has 0 bridgehead atoms. The summed E-state index contributed by atoms with van der Waals surface area (Å²) in [7, 11) is 5.32. The summed E-state index contributed by atoms with van der Waals surface area (Å²) in [5.74, 6) is 1.36. The number of carbonyl (C=O) groups is 2. The van der Waals surface area contributed by atoms with Gasteiger partial charge in [0, 0.05) is 40.3 Å². The molecule has 1 aliphatic rings. The van der Waals surface area contributed by atoms with E-state index in [1.807, 2.05) is 31.1 Å². The Hall–Kier alpha value is -2.51. The zero-order chi connectivity index (χ0) is 16.8. The van der Waals surface area contributed by atoms with Crippen molar-refractivity contribution in [1.82, 2.24) is 20.5 Å². The average Bonchev–Trinajstić information content (AvgIpc) is 3.01.